The molecule has 0 amide bonds. The molecule has 0 aromatic rings. The van der Waals surface area contributed by atoms with Gasteiger partial charge in [0.15, 0.2) is 0 Å². The third-order valence-corrected chi connectivity index (χ3v) is 10.2. The molecule has 0 spiro atoms. The van der Waals surface area contributed by atoms with Crippen molar-refractivity contribution in [1.29, 1.82) is 0 Å². The summed E-state index contributed by atoms with van der Waals surface area (Å²) in [7, 11) is 0. The Labute approximate surface area is 170 Å². The van der Waals surface area contributed by atoms with Gasteiger partial charge in [0.2, 0.25) is 0 Å². The second-order valence-corrected chi connectivity index (χ2v) is 11.4. The molecular formula is C24H40O4. The Morgan fingerprint density at radius 3 is 2.36 bits per heavy atom. The fraction of sp³-hybridized carbons (Fsp3) is 0.958. The normalized spacial score (nSPS) is 51.7. The van der Waals surface area contributed by atoms with Crippen LogP contribution >= 0.6 is 0 Å². The number of hydrogen-bond donors (Lipinski definition) is 3. The van der Waals surface area contributed by atoms with Crippen molar-refractivity contribution >= 4 is 5.97 Å². The van der Waals surface area contributed by atoms with Crippen LogP contribution in [-0.4, -0.2) is 33.5 Å². The number of carboxylic acids is 1. The first kappa shape index (κ1) is 20.7. The molecule has 0 saturated heterocycles. The lowest BCUT2D eigenvalue weighted by Gasteiger charge is -2.62. The molecule has 0 unspecified atom stereocenters. The lowest BCUT2D eigenvalue weighted by atomic mass is 9.44. The van der Waals surface area contributed by atoms with Gasteiger partial charge in [-0.3, -0.25) is 4.79 Å². The lowest BCUT2D eigenvalue weighted by Crippen LogP contribution is -2.58. The molecule has 0 radical (unpaired) electrons. The molecule has 4 aliphatic rings. The minimum atomic E-state index is -0.677. The van der Waals surface area contributed by atoms with Crippen molar-refractivity contribution in [2.45, 2.75) is 97.2 Å². The molecule has 4 saturated carbocycles. The highest BCUT2D eigenvalue weighted by atomic mass is 16.4. The van der Waals surface area contributed by atoms with Crippen molar-refractivity contribution in [3.05, 3.63) is 0 Å². The van der Waals surface area contributed by atoms with Gasteiger partial charge in [-0.15, -0.1) is 0 Å². The third-order valence-electron chi connectivity index (χ3n) is 10.2. The number of fused-ring (bicyclic) bond motifs is 5. The van der Waals surface area contributed by atoms with Crippen LogP contribution in [0.1, 0.15) is 85.0 Å². The van der Waals surface area contributed by atoms with E-state index in [1.54, 1.807) is 0 Å². The predicted octanol–water partition coefficient (Wildman–Crippen LogP) is 4.48. The molecule has 4 fully saturated rings. The molecule has 0 aromatic carbocycles. The summed E-state index contributed by atoms with van der Waals surface area (Å²) in [6.07, 6.45) is 9.16. The van der Waals surface area contributed by atoms with Gasteiger partial charge in [0.1, 0.15) is 0 Å². The van der Waals surface area contributed by atoms with E-state index >= 15 is 0 Å². The van der Waals surface area contributed by atoms with Crippen molar-refractivity contribution in [2.75, 3.05) is 0 Å². The van der Waals surface area contributed by atoms with Crippen LogP contribution in [0.4, 0.5) is 0 Å². The summed E-state index contributed by atoms with van der Waals surface area (Å²) in [5.74, 6) is 2.61. The highest BCUT2D eigenvalue weighted by molar-refractivity contribution is 5.66. The van der Waals surface area contributed by atoms with Crippen LogP contribution in [0, 0.1) is 46.3 Å². The zero-order chi connectivity index (χ0) is 20.3. The third kappa shape index (κ3) is 3.14. The second-order valence-electron chi connectivity index (χ2n) is 11.4. The van der Waals surface area contributed by atoms with Gasteiger partial charge in [0.05, 0.1) is 12.2 Å². The molecule has 0 aromatic heterocycles. The lowest BCUT2D eigenvalue weighted by molar-refractivity contribution is -0.172. The van der Waals surface area contributed by atoms with E-state index in [0.29, 0.717) is 35.0 Å². The standard InChI is InChI=1S/C24H40O4/c1-14(4-7-22(27)28)17-5-6-18-16-13-21(26)20-12-15(25)8-10-24(20,3)19(16)9-11-23(17,18)2/h14-21,25-26H,4-13H2,1-3H3,(H,27,28)/t14-,15+,16-,17+,18-,19-,20-,21+,23+,24-/m1/s1. The molecule has 0 bridgehead atoms. The van der Waals surface area contributed by atoms with Crippen LogP contribution < -0.4 is 0 Å². The minimum Gasteiger partial charge on any atom is -0.481 e. The van der Waals surface area contributed by atoms with Gasteiger partial charge in [-0.25, -0.2) is 0 Å². The fourth-order valence-corrected chi connectivity index (χ4v) is 8.81. The largest absolute Gasteiger partial charge is 0.481 e. The molecule has 160 valence electrons. The molecular weight excluding hydrogens is 352 g/mol. The monoisotopic (exact) mass is 392 g/mol. The molecule has 4 nitrogen and oxygen atoms in total. The molecule has 28 heavy (non-hydrogen) atoms. The molecule has 4 heteroatoms. The summed E-state index contributed by atoms with van der Waals surface area (Å²) < 4.78 is 0. The van der Waals surface area contributed by atoms with Crippen molar-refractivity contribution in [3.8, 4) is 0 Å². The van der Waals surface area contributed by atoms with Crippen molar-refractivity contribution in [2.24, 2.45) is 46.3 Å². The van der Waals surface area contributed by atoms with Gasteiger partial charge < -0.3 is 15.3 Å². The Kier molecular flexibility index (Phi) is 5.36. The summed E-state index contributed by atoms with van der Waals surface area (Å²) in [4.78, 5) is 11.1. The molecule has 0 heterocycles. The first-order valence-electron chi connectivity index (χ1n) is 11.7. The summed E-state index contributed by atoms with van der Waals surface area (Å²) >= 11 is 0. The number of rotatable bonds is 4. The Bertz CT molecular complexity index is 605. The van der Waals surface area contributed by atoms with Gasteiger partial charge in [-0.05, 0) is 104 Å². The van der Waals surface area contributed by atoms with Crippen LogP contribution in [-0.2, 0) is 4.79 Å². The minimum absolute atomic E-state index is 0.176. The molecule has 3 N–H and O–H groups in total. The number of carbonyl (C=O) groups is 1. The van der Waals surface area contributed by atoms with Crippen LogP contribution in [0.5, 0.6) is 0 Å². The average Bonchev–Trinajstić information content (AvgIpc) is 2.99. The summed E-state index contributed by atoms with van der Waals surface area (Å²) in [6, 6.07) is 0. The number of hydrogen-bond acceptors (Lipinski definition) is 3. The molecule has 0 aliphatic heterocycles. The fourth-order valence-electron chi connectivity index (χ4n) is 8.81. The SMILES string of the molecule is C[C@H](CCC(=O)O)[C@@H]1CC[C@@H]2[C@H]3C[C@H](O)[C@H]4C[C@@H](O)CC[C@]4(C)[C@@H]3CC[C@]21C. The summed E-state index contributed by atoms with van der Waals surface area (Å²) in [5.41, 5.74) is 0.478. The van der Waals surface area contributed by atoms with Crippen LogP contribution in [0.3, 0.4) is 0 Å². The van der Waals surface area contributed by atoms with Crippen molar-refractivity contribution in [1.82, 2.24) is 0 Å². The van der Waals surface area contributed by atoms with Crippen molar-refractivity contribution < 1.29 is 20.1 Å². The average molecular weight is 393 g/mol. The first-order chi connectivity index (χ1) is 13.2. The topological polar surface area (TPSA) is 77.8 Å². The van der Waals surface area contributed by atoms with Crippen LogP contribution in [0.15, 0.2) is 0 Å². The highest BCUT2D eigenvalue weighted by Gasteiger charge is 2.62. The molecule has 4 rings (SSSR count). The maximum absolute atomic E-state index is 11.1. The summed E-state index contributed by atoms with van der Waals surface area (Å²) in [6.45, 7) is 7.16. The quantitative estimate of drug-likeness (QED) is 0.659. The van der Waals surface area contributed by atoms with E-state index in [9.17, 15) is 15.0 Å². The van der Waals surface area contributed by atoms with Gasteiger partial charge in [-0.2, -0.15) is 0 Å². The highest BCUT2D eigenvalue weighted by Crippen LogP contribution is 2.68. The van der Waals surface area contributed by atoms with Gasteiger partial charge in [0, 0.05) is 6.42 Å². The van der Waals surface area contributed by atoms with E-state index in [1.807, 2.05) is 0 Å². The van der Waals surface area contributed by atoms with Gasteiger partial charge in [0.25, 0.3) is 0 Å². The first-order valence-corrected chi connectivity index (χ1v) is 11.7. The Hall–Kier alpha value is -0.610. The van der Waals surface area contributed by atoms with Gasteiger partial charge in [-0.1, -0.05) is 20.8 Å². The van der Waals surface area contributed by atoms with Gasteiger partial charge >= 0.3 is 5.97 Å². The number of aliphatic hydroxyl groups is 2. The predicted molar refractivity (Wildman–Crippen MR) is 109 cm³/mol. The Morgan fingerprint density at radius 1 is 0.964 bits per heavy atom. The Morgan fingerprint density at radius 2 is 1.64 bits per heavy atom. The van der Waals surface area contributed by atoms with Crippen LogP contribution in [0.2, 0.25) is 0 Å². The number of aliphatic carboxylic acids is 1. The van der Waals surface area contributed by atoms with Crippen LogP contribution in [0.25, 0.3) is 0 Å². The smallest absolute Gasteiger partial charge is 0.303 e. The second kappa shape index (κ2) is 7.27. The molecule has 4 aliphatic carbocycles. The maximum Gasteiger partial charge on any atom is 0.303 e. The summed E-state index contributed by atoms with van der Waals surface area (Å²) in [5, 5.41) is 30.4. The zero-order valence-electron chi connectivity index (χ0n) is 17.9. The van der Waals surface area contributed by atoms with E-state index in [4.69, 9.17) is 5.11 Å². The maximum atomic E-state index is 11.1. The molecule has 10 atom stereocenters. The van der Waals surface area contributed by atoms with Crippen molar-refractivity contribution in [3.63, 3.8) is 0 Å². The van der Waals surface area contributed by atoms with E-state index < -0.39 is 5.97 Å². The number of aliphatic hydroxyl groups excluding tert-OH is 2. The Balaban J connectivity index is 1.55. The van der Waals surface area contributed by atoms with E-state index in [2.05, 4.69) is 20.8 Å². The zero-order valence-corrected chi connectivity index (χ0v) is 17.9. The number of carboxylic acid groups (broad SMARTS) is 1. The van der Waals surface area contributed by atoms with E-state index in [0.717, 1.165) is 32.1 Å². The van der Waals surface area contributed by atoms with E-state index in [-0.39, 0.29) is 30.0 Å². The van der Waals surface area contributed by atoms with E-state index in [1.165, 1.54) is 25.7 Å².